The average molecular weight is 733 g/mol. The highest BCUT2D eigenvalue weighted by atomic mass is 28.4. The Labute approximate surface area is 306 Å². The maximum atomic E-state index is 14.7. The minimum absolute atomic E-state index is 0.0310. The Hall–Kier alpha value is -3.45. The van der Waals surface area contributed by atoms with E-state index in [2.05, 4.69) is 86.8 Å². The number of aryl methyl sites for hydroxylation is 1. The van der Waals surface area contributed by atoms with E-state index in [1.54, 1.807) is 0 Å². The lowest BCUT2D eigenvalue weighted by Gasteiger charge is -2.41. The minimum Gasteiger partial charge on any atom is -0.492 e. The predicted molar refractivity (Wildman–Crippen MR) is 207 cm³/mol. The summed E-state index contributed by atoms with van der Waals surface area (Å²) in [6.07, 6.45) is 0.0373. The normalized spacial score (nSPS) is 17.1. The number of ketones is 1. The predicted octanol–water partition coefficient (Wildman–Crippen LogP) is 9.86. The highest BCUT2D eigenvalue weighted by molar-refractivity contribution is 6.74. The Bertz CT molecular complexity index is 1790. The smallest absolute Gasteiger partial charge is 0.304 e. The third kappa shape index (κ3) is 7.84. The number of fused-ring (bicyclic) bond motifs is 2. The number of hydrogen-bond acceptors (Lipinski definition) is 7. The van der Waals surface area contributed by atoms with E-state index in [0.717, 1.165) is 33.4 Å². The molecule has 0 bridgehead atoms. The van der Waals surface area contributed by atoms with Crippen molar-refractivity contribution in [1.29, 1.82) is 0 Å². The Morgan fingerprint density at radius 2 is 1.51 bits per heavy atom. The van der Waals surface area contributed by atoms with Gasteiger partial charge in [-0.25, -0.2) is 0 Å². The second-order valence-corrected chi connectivity index (χ2v) is 27.0. The van der Waals surface area contributed by atoms with Crippen molar-refractivity contribution in [2.24, 2.45) is 0 Å². The van der Waals surface area contributed by atoms with Gasteiger partial charge >= 0.3 is 5.97 Å². The van der Waals surface area contributed by atoms with E-state index >= 15 is 0 Å². The van der Waals surface area contributed by atoms with Crippen molar-refractivity contribution >= 4 is 28.4 Å². The van der Waals surface area contributed by atoms with Crippen molar-refractivity contribution < 1.29 is 37.8 Å². The number of carbonyl (C=O) groups is 2. The Balaban J connectivity index is 1.42. The van der Waals surface area contributed by atoms with Gasteiger partial charge in [0.2, 0.25) is 11.4 Å². The van der Waals surface area contributed by atoms with Crippen LogP contribution in [0.5, 0.6) is 17.2 Å². The molecule has 0 saturated heterocycles. The van der Waals surface area contributed by atoms with E-state index in [4.69, 9.17) is 23.1 Å². The lowest BCUT2D eigenvalue weighted by atomic mass is 9.87. The fourth-order valence-corrected chi connectivity index (χ4v) is 8.26. The van der Waals surface area contributed by atoms with Crippen molar-refractivity contribution in [3.8, 4) is 28.4 Å². The van der Waals surface area contributed by atoms with E-state index in [1.807, 2.05) is 43.3 Å². The number of carboxylic acid groups (broad SMARTS) is 1. The molecular weight excluding hydrogens is 677 g/mol. The van der Waals surface area contributed by atoms with Crippen molar-refractivity contribution in [2.75, 3.05) is 19.8 Å². The average Bonchev–Trinajstić information content (AvgIpc) is 3.54. The SMILES string of the molecule is Cc1cc2c(c(C)c1-c1cccc(COc3ccc4c(c3)OCC4CC(=O)O)c1)C(=O)C(CO[Si](C)(C)C(C)(C)C)(CO[Si](C)(C)C(C)(C)C)O2. The van der Waals surface area contributed by atoms with Gasteiger partial charge in [-0.15, -0.1) is 0 Å². The van der Waals surface area contributed by atoms with Crippen molar-refractivity contribution in [3.05, 3.63) is 76.3 Å². The molecule has 8 nitrogen and oxygen atoms in total. The summed E-state index contributed by atoms with van der Waals surface area (Å²) < 4.78 is 32.1. The Kier molecular flexibility index (Phi) is 10.5. The molecule has 0 aromatic heterocycles. The van der Waals surface area contributed by atoms with Crippen LogP contribution >= 0.6 is 0 Å². The van der Waals surface area contributed by atoms with Crippen LogP contribution in [0, 0.1) is 13.8 Å². The summed E-state index contributed by atoms with van der Waals surface area (Å²) in [5.74, 6) is 0.827. The first-order valence-electron chi connectivity index (χ1n) is 17.9. The molecule has 0 spiro atoms. The Morgan fingerprint density at radius 3 is 2.10 bits per heavy atom. The largest absolute Gasteiger partial charge is 0.492 e. The molecule has 2 aliphatic rings. The first-order valence-corrected chi connectivity index (χ1v) is 23.7. The molecule has 3 aromatic rings. The van der Waals surface area contributed by atoms with Crippen LogP contribution in [0.25, 0.3) is 11.1 Å². The number of aliphatic carboxylic acids is 1. The van der Waals surface area contributed by atoms with Gasteiger partial charge in [0.1, 0.15) is 23.9 Å². The maximum absolute atomic E-state index is 14.7. The van der Waals surface area contributed by atoms with Crippen LogP contribution in [0.2, 0.25) is 36.3 Å². The fraction of sp³-hybridized carbons (Fsp3) is 0.512. The minimum atomic E-state index is -2.22. The molecule has 1 atom stereocenters. The lowest BCUT2D eigenvalue weighted by Crippen LogP contribution is -2.56. The van der Waals surface area contributed by atoms with Gasteiger partial charge in [0.15, 0.2) is 16.6 Å². The van der Waals surface area contributed by atoms with Crippen LogP contribution in [0.15, 0.2) is 48.5 Å². The van der Waals surface area contributed by atoms with Crippen molar-refractivity contribution in [1.82, 2.24) is 0 Å². The summed E-state index contributed by atoms with van der Waals surface area (Å²) in [6.45, 7) is 27.0. The second-order valence-electron chi connectivity index (χ2n) is 17.4. The molecule has 0 amide bonds. The monoisotopic (exact) mass is 732 g/mol. The van der Waals surface area contributed by atoms with Gasteiger partial charge < -0.3 is 28.2 Å². The molecule has 2 aliphatic heterocycles. The zero-order valence-corrected chi connectivity index (χ0v) is 34.5. The first-order chi connectivity index (χ1) is 23.6. The molecule has 0 radical (unpaired) electrons. The van der Waals surface area contributed by atoms with E-state index < -0.39 is 28.2 Å². The zero-order valence-electron chi connectivity index (χ0n) is 32.5. The molecule has 0 aliphatic carbocycles. The van der Waals surface area contributed by atoms with Gasteiger partial charge in [0, 0.05) is 17.5 Å². The third-order valence-electron chi connectivity index (χ3n) is 11.5. The van der Waals surface area contributed by atoms with Gasteiger partial charge in [-0.2, -0.15) is 0 Å². The van der Waals surface area contributed by atoms with Crippen LogP contribution in [0.4, 0.5) is 0 Å². The topological polar surface area (TPSA) is 101 Å². The summed E-state index contributed by atoms with van der Waals surface area (Å²) in [4.78, 5) is 26.0. The standard InChI is InChI=1S/C41H56O8Si2/c1-26-18-34-37(38(44)41(49-34,24-47-50(9,10)39(3,4)5)25-48-51(11,12)40(6,7)8)27(2)36(26)29-15-13-14-28(19-29)22-45-31-16-17-32-30(20-35(42)43)23-46-33(32)21-31/h13-19,21,30H,20,22-25H2,1-12H3,(H,42,43). The number of hydrogen-bond donors (Lipinski definition) is 1. The van der Waals surface area contributed by atoms with Crippen LogP contribution < -0.4 is 14.2 Å². The summed E-state index contributed by atoms with van der Waals surface area (Å²) in [6, 6.07) is 15.8. The van der Waals surface area contributed by atoms with Gasteiger partial charge in [-0.1, -0.05) is 65.8 Å². The molecule has 0 saturated carbocycles. The lowest BCUT2D eigenvalue weighted by molar-refractivity contribution is -0.137. The quantitative estimate of drug-likeness (QED) is 0.184. The van der Waals surface area contributed by atoms with Crippen molar-refractivity contribution in [2.45, 2.75) is 116 Å². The van der Waals surface area contributed by atoms with Gasteiger partial charge in [-0.05, 0) is 96.1 Å². The number of Topliss-reactive ketones (excluding diaryl/α,β-unsaturated/α-hetero) is 1. The molecule has 5 rings (SSSR count). The van der Waals surface area contributed by atoms with Gasteiger partial charge in [0.25, 0.3) is 0 Å². The molecule has 3 aromatic carbocycles. The van der Waals surface area contributed by atoms with E-state index in [-0.39, 0.29) is 41.4 Å². The number of carboxylic acids is 1. The molecular formula is C41H56O8Si2. The van der Waals surface area contributed by atoms with Gasteiger partial charge in [0.05, 0.1) is 31.8 Å². The summed E-state index contributed by atoms with van der Waals surface area (Å²) >= 11 is 0. The van der Waals surface area contributed by atoms with Crippen molar-refractivity contribution in [3.63, 3.8) is 0 Å². The highest BCUT2D eigenvalue weighted by Crippen LogP contribution is 2.46. The van der Waals surface area contributed by atoms with E-state index in [0.29, 0.717) is 36.0 Å². The summed E-state index contributed by atoms with van der Waals surface area (Å²) in [5.41, 5.74) is 5.06. The zero-order chi connectivity index (χ0) is 37.7. The van der Waals surface area contributed by atoms with E-state index in [1.165, 1.54) is 0 Å². The second kappa shape index (κ2) is 13.8. The van der Waals surface area contributed by atoms with Crippen LogP contribution in [0.1, 0.15) is 86.5 Å². The molecule has 0 fully saturated rings. The summed E-state index contributed by atoms with van der Waals surface area (Å²) in [5, 5.41) is 9.16. The molecule has 2 heterocycles. The number of ether oxygens (including phenoxy) is 3. The molecule has 10 heteroatoms. The third-order valence-corrected chi connectivity index (χ3v) is 20.5. The molecule has 51 heavy (non-hydrogen) atoms. The van der Waals surface area contributed by atoms with Crippen LogP contribution in [-0.2, 0) is 20.3 Å². The Morgan fingerprint density at radius 1 is 0.882 bits per heavy atom. The highest BCUT2D eigenvalue weighted by Gasteiger charge is 2.53. The van der Waals surface area contributed by atoms with E-state index in [9.17, 15) is 14.7 Å². The summed E-state index contributed by atoms with van der Waals surface area (Å²) in [7, 11) is -4.44. The number of carbonyl (C=O) groups excluding carboxylic acids is 1. The first kappa shape index (κ1) is 38.8. The molecule has 276 valence electrons. The van der Waals surface area contributed by atoms with Crippen LogP contribution in [0.3, 0.4) is 0 Å². The number of benzene rings is 3. The molecule has 1 unspecified atom stereocenters. The molecule has 1 N–H and O–H groups in total. The number of rotatable bonds is 12. The fourth-order valence-electron chi connectivity index (χ4n) is 6.21. The van der Waals surface area contributed by atoms with Gasteiger partial charge in [-0.3, -0.25) is 9.59 Å². The maximum Gasteiger partial charge on any atom is 0.304 e. The van der Waals surface area contributed by atoms with Crippen LogP contribution in [-0.4, -0.2) is 58.9 Å².